The molecule has 0 aromatic heterocycles. The van der Waals surface area contributed by atoms with Crippen LogP contribution in [-0.2, 0) is 19.1 Å². The van der Waals surface area contributed by atoms with Crippen LogP contribution in [-0.4, -0.2) is 25.7 Å². The largest absolute Gasteiger partial charge is 0.469 e. The van der Waals surface area contributed by atoms with Gasteiger partial charge in [0.1, 0.15) is 0 Å². The molecule has 0 fully saturated rings. The van der Waals surface area contributed by atoms with Crippen molar-refractivity contribution in [3.63, 3.8) is 0 Å². The smallest absolute Gasteiger partial charge is 0.305 e. The zero-order chi connectivity index (χ0) is 29.1. The molecule has 0 aliphatic rings. The molecule has 0 saturated heterocycles. The van der Waals surface area contributed by atoms with Crippen LogP contribution in [0.15, 0.2) is 0 Å². The molecule has 0 aliphatic carbocycles. The molecule has 0 aromatic carbocycles. The van der Waals surface area contributed by atoms with Gasteiger partial charge in [-0.1, -0.05) is 168 Å². The Labute approximate surface area is 245 Å². The Kier molecular flexibility index (Phi) is 38.0. The van der Waals surface area contributed by atoms with Crippen molar-refractivity contribution in [1.29, 1.82) is 0 Å². The number of hydrogen-bond acceptors (Lipinski definition) is 4. The van der Waals surface area contributed by atoms with Crippen LogP contribution in [0.4, 0.5) is 0 Å². The van der Waals surface area contributed by atoms with Crippen molar-refractivity contribution in [2.75, 3.05) is 13.7 Å². The van der Waals surface area contributed by atoms with Crippen molar-refractivity contribution in [3.8, 4) is 0 Å². The monoisotopic (exact) mass is 555 g/mol. The first-order valence-electron chi connectivity index (χ1n) is 17.3. The summed E-state index contributed by atoms with van der Waals surface area (Å²) in [6.07, 6.45) is 36.0. The quantitative estimate of drug-likeness (QED) is 0.0681. The highest BCUT2D eigenvalue weighted by atomic mass is 16.5. The molecular formula is C35H70O4. The van der Waals surface area contributed by atoms with E-state index in [-0.39, 0.29) is 11.9 Å². The van der Waals surface area contributed by atoms with Crippen LogP contribution in [0.3, 0.4) is 0 Å². The van der Waals surface area contributed by atoms with E-state index in [0.29, 0.717) is 19.4 Å². The SMILES string of the molecule is CCCCCCCCCCCCCCCC(=O)OC.CCCCCCCCCCCCCCCC(=O)OCC. The van der Waals surface area contributed by atoms with Gasteiger partial charge in [-0.2, -0.15) is 0 Å². The third-order valence-electron chi connectivity index (χ3n) is 7.50. The standard InChI is InChI=1S/C18H36O2.C17H34O2/c1-3-5-6-7-8-9-10-11-12-13-14-15-16-17-18(19)20-4-2;1-3-4-5-6-7-8-9-10-11-12-13-14-15-16-17(18)19-2/h3-17H2,1-2H3;3-16H2,1-2H3. The Balaban J connectivity index is 0. The average Bonchev–Trinajstić information content (AvgIpc) is 2.94. The number of carbonyl (C=O) groups is 2. The van der Waals surface area contributed by atoms with Crippen LogP contribution in [0.25, 0.3) is 0 Å². The van der Waals surface area contributed by atoms with Crippen LogP contribution in [0.1, 0.15) is 201 Å². The first kappa shape index (κ1) is 40.1. The van der Waals surface area contributed by atoms with Crippen molar-refractivity contribution in [1.82, 2.24) is 0 Å². The van der Waals surface area contributed by atoms with Crippen molar-refractivity contribution in [3.05, 3.63) is 0 Å². The lowest BCUT2D eigenvalue weighted by atomic mass is 10.0. The normalized spacial score (nSPS) is 10.7. The van der Waals surface area contributed by atoms with Gasteiger partial charge in [0.05, 0.1) is 13.7 Å². The summed E-state index contributed by atoms with van der Waals surface area (Å²) in [5, 5.41) is 0. The molecule has 0 amide bonds. The van der Waals surface area contributed by atoms with E-state index >= 15 is 0 Å². The van der Waals surface area contributed by atoms with E-state index in [1.807, 2.05) is 6.92 Å². The summed E-state index contributed by atoms with van der Waals surface area (Å²) in [6, 6.07) is 0. The van der Waals surface area contributed by atoms with Crippen LogP contribution >= 0.6 is 0 Å². The highest BCUT2D eigenvalue weighted by molar-refractivity contribution is 5.69. The fourth-order valence-corrected chi connectivity index (χ4v) is 4.91. The fourth-order valence-electron chi connectivity index (χ4n) is 4.91. The first-order valence-corrected chi connectivity index (χ1v) is 17.3. The summed E-state index contributed by atoms with van der Waals surface area (Å²) in [7, 11) is 1.46. The highest BCUT2D eigenvalue weighted by Gasteiger charge is 2.01. The van der Waals surface area contributed by atoms with E-state index in [0.717, 1.165) is 12.8 Å². The molecule has 0 spiro atoms. The van der Waals surface area contributed by atoms with E-state index in [4.69, 9.17) is 4.74 Å². The van der Waals surface area contributed by atoms with Gasteiger partial charge in [0.25, 0.3) is 0 Å². The van der Waals surface area contributed by atoms with Gasteiger partial charge < -0.3 is 9.47 Å². The van der Waals surface area contributed by atoms with Gasteiger partial charge in [-0.25, -0.2) is 0 Å². The van der Waals surface area contributed by atoms with Gasteiger partial charge >= 0.3 is 11.9 Å². The molecule has 234 valence electrons. The van der Waals surface area contributed by atoms with Gasteiger partial charge in [-0.15, -0.1) is 0 Å². The summed E-state index contributed by atoms with van der Waals surface area (Å²) in [4.78, 5) is 22.0. The van der Waals surface area contributed by atoms with Crippen LogP contribution in [0.2, 0.25) is 0 Å². The number of esters is 2. The molecule has 0 radical (unpaired) electrons. The fraction of sp³-hybridized carbons (Fsp3) is 0.943. The van der Waals surface area contributed by atoms with Crippen molar-refractivity contribution in [2.45, 2.75) is 201 Å². The number of rotatable bonds is 29. The Morgan fingerprint density at radius 2 is 0.641 bits per heavy atom. The maximum Gasteiger partial charge on any atom is 0.305 e. The minimum Gasteiger partial charge on any atom is -0.469 e. The van der Waals surface area contributed by atoms with Crippen molar-refractivity contribution >= 4 is 11.9 Å². The molecule has 0 heterocycles. The number of methoxy groups -OCH3 is 1. The first-order chi connectivity index (χ1) is 19.1. The second kappa shape index (κ2) is 36.9. The second-order valence-electron chi connectivity index (χ2n) is 11.4. The minimum atomic E-state index is -0.0666. The number of hydrogen-bond donors (Lipinski definition) is 0. The maximum atomic E-state index is 11.1. The molecule has 39 heavy (non-hydrogen) atoms. The van der Waals surface area contributed by atoms with E-state index in [1.54, 1.807) is 0 Å². The zero-order valence-electron chi connectivity index (χ0n) is 27.1. The van der Waals surface area contributed by atoms with Gasteiger partial charge in [-0.3, -0.25) is 9.59 Å². The molecule has 0 rings (SSSR count). The van der Waals surface area contributed by atoms with Gasteiger partial charge in [0.2, 0.25) is 0 Å². The third kappa shape index (κ3) is 39.1. The predicted octanol–water partition coefficient (Wildman–Crippen LogP) is 11.7. The van der Waals surface area contributed by atoms with E-state index in [9.17, 15) is 9.59 Å². The lowest BCUT2D eigenvalue weighted by Crippen LogP contribution is -2.03. The Morgan fingerprint density at radius 1 is 0.385 bits per heavy atom. The van der Waals surface area contributed by atoms with Crippen LogP contribution in [0, 0.1) is 0 Å². The summed E-state index contributed by atoms with van der Waals surface area (Å²) in [5.41, 5.74) is 0. The molecule has 0 N–H and O–H groups in total. The van der Waals surface area contributed by atoms with Gasteiger partial charge in [0, 0.05) is 12.8 Å². The summed E-state index contributed by atoms with van der Waals surface area (Å²) in [6.45, 7) is 6.91. The molecule has 4 heteroatoms. The van der Waals surface area contributed by atoms with E-state index < -0.39 is 0 Å². The Hall–Kier alpha value is -1.06. The zero-order valence-corrected chi connectivity index (χ0v) is 27.1. The number of unbranched alkanes of at least 4 members (excludes halogenated alkanes) is 24. The average molecular weight is 555 g/mol. The molecule has 4 nitrogen and oxygen atoms in total. The molecule has 0 unspecified atom stereocenters. The Morgan fingerprint density at radius 3 is 0.897 bits per heavy atom. The maximum absolute atomic E-state index is 11.1. The highest BCUT2D eigenvalue weighted by Crippen LogP contribution is 2.14. The molecule has 0 atom stereocenters. The molecule has 0 aromatic rings. The van der Waals surface area contributed by atoms with Gasteiger partial charge in [-0.05, 0) is 19.8 Å². The lowest BCUT2D eigenvalue weighted by Gasteiger charge is -2.03. The van der Waals surface area contributed by atoms with Gasteiger partial charge in [0.15, 0.2) is 0 Å². The van der Waals surface area contributed by atoms with Crippen LogP contribution in [0.5, 0.6) is 0 Å². The summed E-state index contributed by atoms with van der Waals surface area (Å²) < 4.78 is 9.53. The topological polar surface area (TPSA) is 52.6 Å². The van der Waals surface area contributed by atoms with E-state index in [1.165, 1.54) is 161 Å². The molecular weight excluding hydrogens is 484 g/mol. The van der Waals surface area contributed by atoms with E-state index in [2.05, 4.69) is 18.6 Å². The summed E-state index contributed by atoms with van der Waals surface area (Å²) in [5.74, 6) is -0.0985. The second-order valence-corrected chi connectivity index (χ2v) is 11.4. The molecule has 0 saturated carbocycles. The summed E-state index contributed by atoms with van der Waals surface area (Å²) >= 11 is 0. The predicted molar refractivity (Wildman–Crippen MR) is 169 cm³/mol. The minimum absolute atomic E-state index is 0.0319. The van der Waals surface area contributed by atoms with Crippen molar-refractivity contribution in [2.24, 2.45) is 0 Å². The lowest BCUT2D eigenvalue weighted by molar-refractivity contribution is -0.143. The number of carbonyl (C=O) groups excluding carboxylic acids is 2. The molecule has 0 aliphatic heterocycles. The Bertz CT molecular complexity index is 477. The molecule has 0 bridgehead atoms. The number of ether oxygens (including phenoxy) is 2. The van der Waals surface area contributed by atoms with Crippen molar-refractivity contribution < 1.29 is 19.1 Å². The third-order valence-corrected chi connectivity index (χ3v) is 7.50. The van der Waals surface area contributed by atoms with Crippen LogP contribution < -0.4 is 0 Å².